The molecule has 0 saturated carbocycles. The smallest absolute Gasteiger partial charge is 0.260 e. The molecule has 0 spiro atoms. The summed E-state index contributed by atoms with van der Waals surface area (Å²) in [5.41, 5.74) is 1.65. The van der Waals surface area contributed by atoms with Crippen LogP contribution in [0.25, 0.3) is 21.3 Å². The molecule has 1 aliphatic heterocycles. The fraction of sp³-hybridized carbons (Fsp3) is 0.480. The first-order valence-electron chi connectivity index (χ1n) is 11.6. The molecule has 7 nitrogen and oxygen atoms in total. The van der Waals surface area contributed by atoms with Crippen LogP contribution >= 0.6 is 11.3 Å². The summed E-state index contributed by atoms with van der Waals surface area (Å²) >= 11 is 1.51. The van der Waals surface area contributed by atoms with Gasteiger partial charge in [-0.05, 0) is 46.2 Å². The first-order valence-corrected chi connectivity index (χ1v) is 12.4. The standard InChI is InChI=1S/C25H33N5O2S/c1-17(30-12-8-11-29(13-14-30)15-20(31)28-25(2,3)4)22-26-23(32)21-19(16-33-24(21)27-22)18-9-6-5-7-10-18/h5-7,9-10,16-17H,8,11-15H2,1-4H3,(H,28,31)(H,26,27,32)/t17-/m0/s1. The highest BCUT2D eigenvalue weighted by molar-refractivity contribution is 7.17. The molecule has 3 aromatic rings. The van der Waals surface area contributed by atoms with Crippen molar-refractivity contribution in [2.75, 3.05) is 32.7 Å². The van der Waals surface area contributed by atoms with Gasteiger partial charge < -0.3 is 10.3 Å². The van der Waals surface area contributed by atoms with Gasteiger partial charge in [-0.1, -0.05) is 30.3 Å². The van der Waals surface area contributed by atoms with E-state index in [2.05, 4.69) is 27.0 Å². The monoisotopic (exact) mass is 467 g/mol. The Hall–Kier alpha value is -2.55. The van der Waals surface area contributed by atoms with Gasteiger partial charge in [-0.2, -0.15) is 0 Å². The van der Waals surface area contributed by atoms with Gasteiger partial charge in [0.25, 0.3) is 5.56 Å². The fourth-order valence-electron chi connectivity index (χ4n) is 4.36. The van der Waals surface area contributed by atoms with Crippen LogP contribution in [0.4, 0.5) is 0 Å². The predicted octanol–water partition coefficient (Wildman–Crippen LogP) is 3.64. The van der Waals surface area contributed by atoms with Crippen LogP contribution < -0.4 is 10.9 Å². The zero-order chi connectivity index (χ0) is 23.6. The highest BCUT2D eigenvalue weighted by Crippen LogP contribution is 2.31. The van der Waals surface area contributed by atoms with Crippen molar-refractivity contribution in [1.29, 1.82) is 0 Å². The number of carbonyl (C=O) groups excluding carboxylic acids is 1. The summed E-state index contributed by atoms with van der Waals surface area (Å²) in [6.45, 7) is 11.9. The van der Waals surface area contributed by atoms with E-state index in [1.54, 1.807) is 0 Å². The topological polar surface area (TPSA) is 81.3 Å². The van der Waals surface area contributed by atoms with Crippen molar-refractivity contribution in [3.8, 4) is 11.1 Å². The predicted molar refractivity (Wildman–Crippen MR) is 135 cm³/mol. The number of benzene rings is 1. The summed E-state index contributed by atoms with van der Waals surface area (Å²) in [5, 5.41) is 5.72. The quantitative estimate of drug-likeness (QED) is 0.599. The maximum Gasteiger partial charge on any atom is 0.260 e. The maximum atomic E-state index is 13.0. The van der Waals surface area contributed by atoms with Gasteiger partial charge >= 0.3 is 0 Å². The Kier molecular flexibility index (Phi) is 6.97. The number of nitrogens with one attached hydrogen (secondary N) is 2. The van der Waals surface area contributed by atoms with Gasteiger partial charge in [-0.25, -0.2) is 4.98 Å². The van der Waals surface area contributed by atoms with E-state index in [4.69, 9.17) is 4.98 Å². The minimum atomic E-state index is -0.220. The van der Waals surface area contributed by atoms with Crippen LogP contribution in [0.15, 0.2) is 40.5 Å². The lowest BCUT2D eigenvalue weighted by molar-refractivity contribution is -0.123. The summed E-state index contributed by atoms with van der Waals surface area (Å²) in [6.07, 6.45) is 0.969. The molecule has 0 unspecified atom stereocenters. The van der Waals surface area contributed by atoms with Crippen molar-refractivity contribution in [1.82, 2.24) is 25.1 Å². The number of amides is 1. The van der Waals surface area contributed by atoms with E-state index in [-0.39, 0.29) is 23.0 Å². The second kappa shape index (κ2) is 9.75. The average Bonchev–Trinajstić information content (AvgIpc) is 3.06. The SMILES string of the molecule is C[C@@H](c1nc2scc(-c3ccccc3)c2c(=O)[nH]1)N1CCCN(CC(=O)NC(C)(C)C)CC1. The number of nitrogens with zero attached hydrogens (tertiary/aromatic N) is 3. The zero-order valence-electron chi connectivity index (χ0n) is 19.9. The van der Waals surface area contributed by atoms with Gasteiger partial charge in [-0.15, -0.1) is 11.3 Å². The number of aromatic amines is 1. The molecule has 4 rings (SSSR count). The molecule has 2 aromatic heterocycles. The third-order valence-electron chi connectivity index (χ3n) is 6.00. The second-order valence-corrected chi connectivity index (χ2v) is 10.6. The summed E-state index contributed by atoms with van der Waals surface area (Å²) in [4.78, 5) is 38.6. The molecule has 8 heteroatoms. The summed E-state index contributed by atoms with van der Waals surface area (Å²) in [6, 6.07) is 9.95. The Morgan fingerprint density at radius 1 is 1.18 bits per heavy atom. The first kappa shape index (κ1) is 23.6. The van der Waals surface area contributed by atoms with Gasteiger partial charge in [0, 0.05) is 36.1 Å². The van der Waals surface area contributed by atoms with E-state index in [9.17, 15) is 9.59 Å². The van der Waals surface area contributed by atoms with Crippen molar-refractivity contribution in [3.05, 3.63) is 51.9 Å². The van der Waals surface area contributed by atoms with Crippen molar-refractivity contribution in [2.45, 2.75) is 45.7 Å². The van der Waals surface area contributed by atoms with Gasteiger partial charge in [0.2, 0.25) is 5.91 Å². The molecule has 33 heavy (non-hydrogen) atoms. The lowest BCUT2D eigenvalue weighted by atomic mass is 10.1. The third kappa shape index (κ3) is 5.69. The van der Waals surface area contributed by atoms with Crippen LogP contribution in [0.5, 0.6) is 0 Å². The Balaban J connectivity index is 1.47. The van der Waals surface area contributed by atoms with Crippen molar-refractivity contribution < 1.29 is 4.79 Å². The molecular formula is C25H33N5O2S. The molecule has 1 amide bonds. The molecule has 3 heterocycles. The lowest BCUT2D eigenvalue weighted by Crippen LogP contribution is -2.46. The van der Waals surface area contributed by atoms with Crippen LogP contribution in [-0.2, 0) is 4.79 Å². The molecule has 0 aliphatic carbocycles. The van der Waals surface area contributed by atoms with Gasteiger partial charge in [-0.3, -0.25) is 19.4 Å². The molecule has 0 bridgehead atoms. The molecule has 2 N–H and O–H groups in total. The minimum Gasteiger partial charge on any atom is -0.350 e. The van der Waals surface area contributed by atoms with Crippen LogP contribution in [-0.4, -0.2) is 63.9 Å². The molecule has 176 valence electrons. The Morgan fingerprint density at radius 3 is 2.67 bits per heavy atom. The Bertz CT molecular complexity index is 1160. The van der Waals surface area contributed by atoms with E-state index in [1.165, 1.54) is 11.3 Å². The van der Waals surface area contributed by atoms with Crippen molar-refractivity contribution >= 4 is 27.5 Å². The van der Waals surface area contributed by atoms with Gasteiger partial charge in [0.1, 0.15) is 10.7 Å². The number of aromatic nitrogens is 2. The third-order valence-corrected chi connectivity index (χ3v) is 6.87. The van der Waals surface area contributed by atoms with Crippen LogP contribution in [0, 0.1) is 0 Å². The highest BCUT2D eigenvalue weighted by atomic mass is 32.1. The number of thiophene rings is 1. The number of fused-ring (bicyclic) bond motifs is 1. The Labute approximate surface area is 198 Å². The van der Waals surface area contributed by atoms with Crippen LogP contribution in [0.1, 0.15) is 46.0 Å². The first-order chi connectivity index (χ1) is 15.7. The summed E-state index contributed by atoms with van der Waals surface area (Å²) in [7, 11) is 0. The molecular weight excluding hydrogens is 434 g/mol. The number of hydrogen-bond acceptors (Lipinski definition) is 6. The minimum absolute atomic E-state index is 0.00673. The fourth-order valence-corrected chi connectivity index (χ4v) is 5.32. The van der Waals surface area contributed by atoms with Crippen LogP contribution in [0.3, 0.4) is 0 Å². The number of H-pyrrole nitrogens is 1. The van der Waals surface area contributed by atoms with Gasteiger partial charge in [0.15, 0.2) is 0 Å². The summed E-state index contributed by atoms with van der Waals surface area (Å²) in [5.74, 6) is 0.764. The van der Waals surface area contributed by atoms with E-state index in [1.807, 2.05) is 56.5 Å². The van der Waals surface area contributed by atoms with Crippen molar-refractivity contribution in [3.63, 3.8) is 0 Å². The highest BCUT2D eigenvalue weighted by Gasteiger charge is 2.25. The summed E-state index contributed by atoms with van der Waals surface area (Å²) < 4.78 is 0. The van der Waals surface area contributed by atoms with Crippen LogP contribution in [0.2, 0.25) is 0 Å². The number of hydrogen-bond donors (Lipinski definition) is 2. The normalized spacial score (nSPS) is 17.1. The van der Waals surface area contributed by atoms with E-state index < -0.39 is 0 Å². The number of rotatable bonds is 5. The van der Waals surface area contributed by atoms with Gasteiger partial charge in [0.05, 0.1) is 18.0 Å². The van der Waals surface area contributed by atoms with Crippen molar-refractivity contribution in [2.24, 2.45) is 0 Å². The lowest BCUT2D eigenvalue weighted by Gasteiger charge is -2.27. The largest absolute Gasteiger partial charge is 0.350 e. The molecule has 1 fully saturated rings. The molecule has 1 aliphatic rings. The van der Waals surface area contributed by atoms with E-state index >= 15 is 0 Å². The zero-order valence-corrected chi connectivity index (χ0v) is 20.7. The van der Waals surface area contributed by atoms with E-state index in [0.717, 1.165) is 48.6 Å². The number of carbonyl (C=O) groups is 1. The average molecular weight is 468 g/mol. The molecule has 0 radical (unpaired) electrons. The van der Waals surface area contributed by atoms with E-state index in [0.29, 0.717) is 17.8 Å². The molecule has 1 atom stereocenters. The Morgan fingerprint density at radius 2 is 1.94 bits per heavy atom. The molecule has 1 aromatic carbocycles. The maximum absolute atomic E-state index is 13.0. The molecule has 1 saturated heterocycles. The second-order valence-electron chi connectivity index (χ2n) is 9.79.